The zero-order valence-corrected chi connectivity index (χ0v) is 16.5. The van der Waals surface area contributed by atoms with Gasteiger partial charge in [0, 0.05) is 49.0 Å². The minimum Gasteiger partial charge on any atom is -0.466 e. The number of guanidine groups is 1. The van der Waals surface area contributed by atoms with Gasteiger partial charge in [-0.2, -0.15) is 0 Å². The van der Waals surface area contributed by atoms with Gasteiger partial charge in [0.1, 0.15) is 0 Å². The molecule has 0 aromatic heterocycles. The first kappa shape index (κ1) is 20.4. The van der Waals surface area contributed by atoms with E-state index in [1.807, 2.05) is 37.3 Å². The molecule has 1 aliphatic rings. The van der Waals surface area contributed by atoms with Gasteiger partial charge in [0.25, 0.3) is 0 Å². The van der Waals surface area contributed by atoms with E-state index in [0.717, 1.165) is 37.5 Å². The highest BCUT2D eigenvalue weighted by atomic mass is 32.2. The van der Waals surface area contributed by atoms with Gasteiger partial charge in [0.15, 0.2) is 5.96 Å². The molecule has 0 amide bonds. The molecule has 0 bridgehead atoms. The van der Waals surface area contributed by atoms with Crippen LogP contribution in [0.5, 0.6) is 0 Å². The molecule has 0 saturated carbocycles. The molecule has 7 heteroatoms. The summed E-state index contributed by atoms with van der Waals surface area (Å²) in [5.41, 5.74) is 1.09. The van der Waals surface area contributed by atoms with Gasteiger partial charge in [-0.05, 0) is 25.3 Å². The smallest absolute Gasteiger partial charge is 0.309 e. The van der Waals surface area contributed by atoms with Crippen LogP contribution in [-0.4, -0.2) is 60.1 Å². The molecule has 0 radical (unpaired) electrons. The average molecular weight is 380 g/mol. The quantitative estimate of drug-likeness (QED) is 0.444. The van der Waals surface area contributed by atoms with Crippen molar-refractivity contribution in [3.8, 4) is 0 Å². The Kier molecular flexibility index (Phi) is 8.61. The largest absolute Gasteiger partial charge is 0.466 e. The highest BCUT2D eigenvalue weighted by molar-refractivity contribution is 7.84. The van der Waals surface area contributed by atoms with Crippen LogP contribution in [0.3, 0.4) is 0 Å². The number of nitrogens with zero attached hydrogens (tertiary/aromatic N) is 2. The molecule has 1 atom stereocenters. The molecular formula is C19H29N3O3S. The fraction of sp³-hybridized carbons (Fsp3) is 0.579. The lowest BCUT2D eigenvalue weighted by Crippen LogP contribution is -2.47. The van der Waals surface area contributed by atoms with Crippen molar-refractivity contribution in [1.82, 2.24) is 10.2 Å². The third-order valence-electron chi connectivity index (χ3n) is 4.41. The Balaban J connectivity index is 1.71. The number of aliphatic imine (C=N–C) groups is 1. The molecule has 144 valence electrons. The molecule has 1 heterocycles. The predicted octanol–water partition coefficient (Wildman–Crippen LogP) is 1.79. The highest BCUT2D eigenvalue weighted by Crippen LogP contribution is 2.18. The van der Waals surface area contributed by atoms with E-state index in [9.17, 15) is 9.00 Å². The van der Waals surface area contributed by atoms with Crippen LogP contribution < -0.4 is 5.32 Å². The number of carbonyl (C=O) groups is 1. The maximum absolute atomic E-state index is 12.2. The lowest BCUT2D eigenvalue weighted by atomic mass is 9.97. The van der Waals surface area contributed by atoms with Crippen LogP contribution in [0.4, 0.5) is 0 Å². The lowest BCUT2D eigenvalue weighted by Gasteiger charge is -2.33. The maximum atomic E-state index is 12.2. The summed E-state index contributed by atoms with van der Waals surface area (Å²) in [6, 6.07) is 9.89. The highest BCUT2D eigenvalue weighted by Gasteiger charge is 2.27. The summed E-state index contributed by atoms with van der Waals surface area (Å²) >= 11 is 0. The van der Waals surface area contributed by atoms with Gasteiger partial charge in [-0.15, -0.1) is 0 Å². The monoisotopic (exact) mass is 379 g/mol. The topological polar surface area (TPSA) is 71.0 Å². The molecule has 1 fully saturated rings. The normalized spacial score (nSPS) is 17.0. The number of ether oxygens (including phenoxy) is 1. The molecule has 1 aromatic rings. The summed E-state index contributed by atoms with van der Waals surface area (Å²) in [6.07, 6.45) is 1.55. The van der Waals surface area contributed by atoms with Crippen molar-refractivity contribution in [3.05, 3.63) is 35.9 Å². The number of rotatable bonds is 7. The minimum absolute atomic E-state index is 0.0114. The van der Waals surface area contributed by atoms with E-state index in [2.05, 4.69) is 15.2 Å². The van der Waals surface area contributed by atoms with E-state index < -0.39 is 10.8 Å². The van der Waals surface area contributed by atoms with Crippen molar-refractivity contribution in [3.63, 3.8) is 0 Å². The van der Waals surface area contributed by atoms with E-state index in [1.165, 1.54) is 0 Å². The summed E-state index contributed by atoms with van der Waals surface area (Å²) in [4.78, 5) is 18.3. The van der Waals surface area contributed by atoms with Gasteiger partial charge in [-0.3, -0.25) is 14.0 Å². The molecule has 2 rings (SSSR count). The van der Waals surface area contributed by atoms with E-state index in [4.69, 9.17) is 4.74 Å². The second-order valence-corrected chi connectivity index (χ2v) is 7.84. The van der Waals surface area contributed by atoms with Crippen LogP contribution in [0.1, 0.15) is 25.3 Å². The third-order valence-corrected chi connectivity index (χ3v) is 5.72. The van der Waals surface area contributed by atoms with Gasteiger partial charge in [0.2, 0.25) is 0 Å². The van der Waals surface area contributed by atoms with Gasteiger partial charge in [-0.25, -0.2) is 0 Å². The number of nitrogens with one attached hydrogen (secondary N) is 1. The average Bonchev–Trinajstić information content (AvgIpc) is 2.66. The van der Waals surface area contributed by atoms with Crippen LogP contribution in [-0.2, 0) is 26.1 Å². The van der Waals surface area contributed by atoms with Crippen LogP contribution >= 0.6 is 0 Å². The first-order chi connectivity index (χ1) is 12.6. The Labute approximate surface area is 158 Å². The van der Waals surface area contributed by atoms with Crippen molar-refractivity contribution < 1.29 is 13.7 Å². The Morgan fingerprint density at radius 1 is 1.31 bits per heavy atom. The molecule has 6 nitrogen and oxygen atoms in total. The fourth-order valence-electron chi connectivity index (χ4n) is 3.03. The van der Waals surface area contributed by atoms with Crippen molar-refractivity contribution in [1.29, 1.82) is 0 Å². The van der Waals surface area contributed by atoms with E-state index in [1.54, 1.807) is 7.05 Å². The standard InChI is InChI=1S/C19H29N3O3S/c1-3-25-18(23)17-9-12-22(13-10-17)19(20-2)21-11-14-26(24)15-16-7-5-4-6-8-16/h4-8,17H,3,9-15H2,1-2H3,(H,20,21). The molecule has 1 aromatic carbocycles. The number of hydrogen-bond donors (Lipinski definition) is 1. The first-order valence-electron chi connectivity index (χ1n) is 9.15. The van der Waals surface area contributed by atoms with Crippen LogP contribution in [0.25, 0.3) is 0 Å². The van der Waals surface area contributed by atoms with E-state index >= 15 is 0 Å². The molecule has 0 spiro atoms. The molecule has 0 aliphatic carbocycles. The number of carbonyl (C=O) groups excluding carboxylic acids is 1. The minimum atomic E-state index is -0.906. The summed E-state index contributed by atoms with van der Waals surface area (Å²) in [7, 11) is 0.845. The molecule has 26 heavy (non-hydrogen) atoms. The van der Waals surface area contributed by atoms with Crippen LogP contribution in [0, 0.1) is 5.92 Å². The number of piperidine rings is 1. The zero-order valence-electron chi connectivity index (χ0n) is 15.6. The van der Waals surface area contributed by atoms with Crippen molar-refractivity contribution in [2.24, 2.45) is 10.9 Å². The van der Waals surface area contributed by atoms with Gasteiger partial charge in [-0.1, -0.05) is 30.3 Å². The maximum Gasteiger partial charge on any atom is 0.309 e. The van der Waals surface area contributed by atoms with Gasteiger partial charge in [0.05, 0.1) is 12.5 Å². The number of benzene rings is 1. The van der Waals surface area contributed by atoms with Gasteiger partial charge < -0.3 is 15.0 Å². The van der Waals surface area contributed by atoms with Gasteiger partial charge >= 0.3 is 5.97 Å². The van der Waals surface area contributed by atoms with E-state index in [0.29, 0.717) is 24.7 Å². The van der Waals surface area contributed by atoms with Crippen molar-refractivity contribution in [2.75, 3.05) is 39.0 Å². The second kappa shape index (κ2) is 11.0. The molecular weight excluding hydrogens is 350 g/mol. The SMILES string of the molecule is CCOC(=O)C1CCN(C(=NC)NCCS(=O)Cc2ccccc2)CC1. The number of likely N-dealkylation sites (tertiary alicyclic amines) is 1. The van der Waals surface area contributed by atoms with Crippen LogP contribution in [0.15, 0.2) is 35.3 Å². The fourth-order valence-corrected chi connectivity index (χ4v) is 4.07. The Morgan fingerprint density at radius 2 is 2.00 bits per heavy atom. The van der Waals surface area contributed by atoms with Crippen molar-refractivity contribution >= 4 is 22.7 Å². The summed E-state index contributed by atoms with van der Waals surface area (Å²) in [5.74, 6) is 1.86. The Morgan fingerprint density at radius 3 is 2.62 bits per heavy atom. The second-order valence-electron chi connectivity index (χ2n) is 6.26. The third kappa shape index (κ3) is 6.44. The first-order valence-corrected chi connectivity index (χ1v) is 10.6. The summed E-state index contributed by atoms with van der Waals surface area (Å²) < 4.78 is 17.3. The molecule has 1 aliphatic heterocycles. The molecule has 1 N–H and O–H groups in total. The zero-order chi connectivity index (χ0) is 18.8. The molecule has 1 saturated heterocycles. The molecule has 1 unspecified atom stereocenters. The summed E-state index contributed by atoms with van der Waals surface area (Å²) in [5, 5.41) is 3.29. The van der Waals surface area contributed by atoms with Crippen molar-refractivity contribution in [2.45, 2.75) is 25.5 Å². The van der Waals surface area contributed by atoms with Crippen LogP contribution in [0.2, 0.25) is 0 Å². The Bertz CT molecular complexity index is 614. The number of esters is 1. The lowest BCUT2D eigenvalue weighted by molar-refractivity contribution is -0.149. The summed E-state index contributed by atoms with van der Waals surface area (Å²) in [6.45, 7) is 4.43. The Hall–Kier alpha value is -1.89. The number of hydrogen-bond acceptors (Lipinski definition) is 4. The van der Waals surface area contributed by atoms with E-state index in [-0.39, 0.29) is 11.9 Å². The predicted molar refractivity (Wildman–Crippen MR) is 105 cm³/mol.